The second-order valence-electron chi connectivity index (χ2n) is 5.56. The Labute approximate surface area is 121 Å². The van der Waals surface area contributed by atoms with Gasteiger partial charge in [-0.15, -0.1) is 0 Å². The lowest BCUT2D eigenvalue weighted by Gasteiger charge is -2.17. The molecule has 1 aliphatic carbocycles. The van der Waals surface area contributed by atoms with Crippen molar-refractivity contribution in [3.05, 3.63) is 29.3 Å². The Kier molecular flexibility index (Phi) is 5.45. The summed E-state index contributed by atoms with van der Waals surface area (Å²) in [7, 11) is 0. The van der Waals surface area contributed by atoms with Crippen molar-refractivity contribution in [3.8, 4) is 5.75 Å². The van der Waals surface area contributed by atoms with E-state index in [1.165, 1.54) is 31.2 Å². The Morgan fingerprint density at radius 3 is 2.85 bits per heavy atom. The first kappa shape index (κ1) is 14.9. The van der Waals surface area contributed by atoms with Crippen LogP contribution in [0.5, 0.6) is 5.75 Å². The van der Waals surface area contributed by atoms with Crippen molar-refractivity contribution >= 4 is 5.71 Å². The lowest BCUT2D eigenvalue weighted by molar-refractivity contribution is 0.231. The van der Waals surface area contributed by atoms with E-state index in [-0.39, 0.29) is 0 Å². The van der Waals surface area contributed by atoms with E-state index >= 15 is 0 Å². The number of oxime groups is 1. The van der Waals surface area contributed by atoms with Crippen molar-refractivity contribution in [2.75, 3.05) is 6.61 Å². The Hall–Kier alpha value is -1.51. The zero-order valence-corrected chi connectivity index (χ0v) is 12.6. The summed E-state index contributed by atoms with van der Waals surface area (Å²) in [6.07, 6.45) is 6.64. The van der Waals surface area contributed by atoms with Gasteiger partial charge in [-0.3, -0.25) is 0 Å². The van der Waals surface area contributed by atoms with Gasteiger partial charge in [-0.1, -0.05) is 50.4 Å². The number of hydrogen-bond acceptors (Lipinski definition) is 3. The van der Waals surface area contributed by atoms with Crippen LogP contribution in [0.15, 0.2) is 23.4 Å². The zero-order valence-electron chi connectivity index (χ0n) is 12.6. The molecule has 0 heterocycles. The summed E-state index contributed by atoms with van der Waals surface area (Å²) in [5.41, 5.74) is 3.03. The van der Waals surface area contributed by atoms with Gasteiger partial charge in [0.1, 0.15) is 5.75 Å². The van der Waals surface area contributed by atoms with Crippen molar-refractivity contribution in [1.82, 2.24) is 0 Å². The standard InChI is InChI=1S/C17H25NO2/c1-3-5-7-13(4-2)12-20-17-9-6-8-14-15(17)10-11-16(14)18-19/h6,8-9,13,19H,3-5,7,10-12H2,1-2H3. The minimum atomic E-state index is 0.637. The van der Waals surface area contributed by atoms with Crippen LogP contribution in [0.25, 0.3) is 0 Å². The summed E-state index contributed by atoms with van der Waals surface area (Å²) in [6.45, 7) is 5.25. The van der Waals surface area contributed by atoms with Crippen molar-refractivity contribution in [3.63, 3.8) is 0 Å². The molecule has 1 N–H and O–H groups in total. The van der Waals surface area contributed by atoms with Crippen LogP contribution in [-0.4, -0.2) is 17.5 Å². The molecule has 1 aromatic rings. The topological polar surface area (TPSA) is 41.8 Å². The minimum Gasteiger partial charge on any atom is -0.493 e. The molecule has 3 nitrogen and oxygen atoms in total. The van der Waals surface area contributed by atoms with E-state index in [0.717, 1.165) is 36.5 Å². The summed E-state index contributed by atoms with van der Waals surface area (Å²) in [5, 5.41) is 12.4. The van der Waals surface area contributed by atoms with E-state index in [9.17, 15) is 0 Å². The predicted molar refractivity (Wildman–Crippen MR) is 81.9 cm³/mol. The normalized spacial score (nSPS) is 17.2. The second kappa shape index (κ2) is 7.32. The number of hydrogen-bond donors (Lipinski definition) is 1. The second-order valence-corrected chi connectivity index (χ2v) is 5.56. The highest BCUT2D eigenvalue weighted by atomic mass is 16.5. The quantitative estimate of drug-likeness (QED) is 0.591. The Morgan fingerprint density at radius 2 is 2.15 bits per heavy atom. The van der Waals surface area contributed by atoms with Crippen LogP contribution in [0.1, 0.15) is 57.1 Å². The van der Waals surface area contributed by atoms with E-state index in [2.05, 4.69) is 19.0 Å². The van der Waals surface area contributed by atoms with Gasteiger partial charge in [-0.05, 0) is 31.2 Å². The van der Waals surface area contributed by atoms with Gasteiger partial charge < -0.3 is 9.94 Å². The van der Waals surface area contributed by atoms with Gasteiger partial charge in [0.05, 0.1) is 12.3 Å². The molecule has 20 heavy (non-hydrogen) atoms. The zero-order chi connectivity index (χ0) is 14.4. The number of rotatable bonds is 7. The minimum absolute atomic E-state index is 0.637. The molecule has 0 radical (unpaired) electrons. The number of ether oxygens (including phenoxy) is 1. The molecule has 0 aromatic heterocycles. The maximum atomic E-state index is 9.00. The van der Waals surface area contributed by atoms with E-state index < -0.39 is 0 Å². The SMILES string of the molecule is CCCCC(CC)COc1cccc2c1CCC2=NO. The molecule has 3 heteroatoms. The van der Waals surface area contributed by atoms with Gasteiger partial charge >= 0.3 is 0 Å². The van der Waals surface area contributed by atoms with Crippen LogP contribution in [0, 0.1) is 5.92 Å². The highest BCUT2D eigenvalue weighted by Gasteiger charge is 2.22. The molecule has 110 valence electrons. The van der Waals surface area contributed by atoms with Crippen molar-refractivity contribution < 1.29 is 9.94 Å². The van der Waals surface area contributed by atoms with E-state index in [1.807, 2.05) is 18.2 Å². The third kappa shape index (κ3) is 3.33. The van der Waals surface area contributed by atoms with E-state index in [4.69, 9.17) is 9.94 Å². The van der Waals surface area contributed by atoms with Gasteiger partial charge in [0.2, 0.25) is 0 Å². The molecule has 0 saturated carbocycles. The Bertz CT molecular complexity index is 468. The molecule has 2 rings (SSSR count). The average molecular weight is 275 g/mol. The van der Waals surface area contributed by atoms with Crippen molar-refractivity contribution in [2.45, 2.75) is 52.4 Å². The van der Waals surface area contributed by atoms with Crippen molar-refractivity contribution in [1.29, 1.82) is 0 Å². The van der Waals surface area contributed by atoms with E-state index in [0.29, 0.717) is 5.92 Å². The lowest BCUT2D eigenvalue weighted by atomic mass is 10.0. The fourth-order valence-corrected chi connectivity index (χ4v) is 2.82. The van der Waals surface area contributed by atoms with Gasteiger partial charge in [-0.25, -0.2) is 0 Å². The van der Waals surface area contributed by atoms with Gasteiger partial charge in [-0.2, -0.15) is 0 Å². The van der Waals surface area contributed by atoms with Gasteiger partial charge in [0.25, 0.3) is 0 Å². The Balaban J connectivity index is 2.02. The number of fused-ring (bicyclic) bond motifs is 1. The van der Waals surface area contributed by atoms with Crippen molar-refractivity contribution in [2.24, 2.45) is 11.1 Å². The highest BCUT2D eigenvalue weighted by Crippen LogP contribution is 2.31. The largest absolute Gasteiger partial charge is 0.493 e. The number of nitrogens with zero attached hydrogens (tertiary/aromatic N) is 1. The summed E-state index contributed by atoms with van der Waals surface area (Å²) in [4.78, 5) is 0. The molecular weight excluding hydrogens is 250 g/mol. The van der Waals surface area contributed by atoms with E-state index in [1.54, 1.807) is 0 Å². The van der Waals surface area contributed by atoms with Crippen LogP contribution in [0.3, 0.4) is 0 Å². The Morgan fingerprint density at radius 1 is 1.30 bits per heavy atom. The summed E-state index contributed by atoms with van der Waals surface area (Å²) >= 11 is 0. The molecule has 0 spiro atoms. The highest BCUT2D eigenvalue weighted by molar-refractivity contribution is 6.04. The van der Waals surface area contributed by atoms with Crippen LogP contribution in [0.4, 0.5) is 0 Å². The average Bonchev–Trinajstić information content (AvgIpc) is 2.91. The molecule has 0 bridgehead atoms. The third-order valence-electron chi connectivity index (χ3n) is 4.19. The first-order valence-electron chi connectivity index (χ1n) is 7.76. The molecule has 1 unspecified atom stereocenters. The third-order valence-corrected chi connectivity index (χ3v) is 4.19. The van der Waals surface area contributed by atoms with Crippen LogP contribution in [0.2, 0.25) is 0 Å². The van der Waals surface area contributed by atoms with Gasteiger partial charge in [0.15, 0.2) is 0 Å². The van der Waals surface area contributed by atoms with Crippen LogP contribution >= 0.6 is 0 Å². The molecule has 0 amide bonds. The van der Waals surface area contributed by atoms with Crippen LogP contribution < -0.4 is 4.74 Å². The van der Waals surface area contributed by atoms with Crippen LogP contribution in [-0.2, 0) is 6.42 Å². The molecule has 1 aromatic carbocycles. The number of unbranched alkanes of at least 4 members (excludes halogenated alkanes) is 1. The first-order valence-corrected chi connectivity index (χ1v) is 7.76. The summed E-state index contributed by atoms with van der Waals surface area (Å²) in [6, 6.07) is 6.03. The lowest BCUT2D eigenvalue weighted by Crippen LogP contribution is -2.12. The monoisotopic (exact) mass is 275 g/mol. The maximum Gasteiger partial charge on any atom is 0.123 e. The molecule has 0 fully saturated rings. The summed E-state index contributed by atoms with van der Waals surface area (Å²) in [5.74, 6) is 1.61. The maximum absolute atomic E-state index is 9.00. The van der Waals surface area contributed by atoms with Gasteiger partial charge in [0, 0.05) is 11.1 Å². The molecule has 0 saturated heterocycles. The smallest absolute Gasteiger partial charge is 0.123 e. The fourth-order valence-electron chi connectivity index (χ4n) is 2.82. The fraction of sp³-hybridized carbons (Fsp3) is 0.588. The predicted octanol–water partition coefficient (Wildman–Crippen LogP) is 4.41. The molecule has 1 aliphatic rings. The molecule has 0 aliphatic heterocycles. The number of benzene rings is 1. The summed E-state index contributed by atoms with van der Waals surface area (Å²) < 4.78 is 6.06. The first-order chi connectivity index (χ1) is 9.80. The molecule has 1 atom stereocenters. The molecular formula is C17H25NO2.